The molecule has 0 bridgehead atoms. The molecule has 0 amide bonds. The van der Waals surface area contributed by atoms with Crippen molar-refractivity contribution in [3.63, 3.8) is 0 Å². The first-order valence-corrected chi connectivity index (χ1v) is 6.98. The molecule has 0 radical (unpaired) electrons. The Labute approximate surface area is 108 Å². The van der Waals surface area contributed by atoms with E-state index in [1.807, 2.05) is 12.1 Å². The maximum Gasteiger partial charge on any atom is 0.123 e. The Hall–Kier alpha value is -0.930. The van der Waals surface area contributed by atoms with Crippen LogP contribution < -0.4 is 5.32 Å². The van der Waals surface area contributed by atoms with Crippen LogP contribution in [0.1, 0.15) is 31.2 Å². The van der Waals surface area contributed by atoms with Crippen molar-refractivity contribution in [3.05, 3.63) is 35.6 Å². The van der Waals surface area contributed by atoms with Crippen LogP contribution in [-0.2, 0) is 6.54 Å². The highest BCUT2D eigenvalue weighted by Crippen LogP contribution is 2.30. The summed E-state index contributed by atoms with van der Waals surface area (Å²) in [5.41, 5.74) is 1.59. The average Bonchev–Trinajstić information content (AvgIpc) is 2.76. The number of benzene rings is 1. The van der Waals surface area contributed by atoms with Gasteiger partial charge in [0, 0.05) is 25.2 Å². The first-order valence-electron chi connectivity index (χ1n) is 6.98. The van der Waals surface area contributed by atoms with Crippen LogP contribution in [0.5, 0.6) is 0 Å². The summed E-state index contributed by atoms with van der Waals surface area (Å²) in [6.45, 7) is 4.42. The van der Waals surface area contributed by atoms with E-state index < -0.39 is 0 Å². The van der Waals surface area contributed by atoms with Crippen LogP contribution in [0, 0.1) is 5.82 Å². The minimum atomic E-state index is -0.148. The first-order chi connectivity index (χ1) is 8.76. The number of nitrogens with one attached hydrogen (secondary N) is 1. The molecule has 2 aliphatic rings. The van der Waals surface area contributed by atoms with Gasteiger partial charge in [-0.3, -0.25) is 4.90 Å². The van der Waals surface area contributed by atoms with Crippen molar-refractivity contribution < 1.29 is 4.39 Å². The highest BCUT2D eigenvalue weighted by atomic mass is 19.1. The SMILES string of the molecule is Fc1ccc(CN2CC[C@]3(CCCCN3)C2)cc1. The quantitative estimate of drug-likeness (QED) is 0.865. The largest absolute Gasteiger partial charge is 0.310 e. The lowest BCUT2D eigenvalue weighted by Crippen LogP contribution is -2.50. The van der Waals surface area contributed by atoms with Gasteiger partial charge in [-0.2, -0.15) is 0 Å². The fourth-order valence-corrected chi connectivity index (χ4v) is 3.32. The lowest BCUT2D eigenvalue weighted by molar-refractivity contribution is 0.234. The number of likely N-dealkylation sites (tertiary alicyclic amines) is 1. The van der Waals surface area contributed by atoms with Crippen LogP contribution >= 0.6 is 0 Å². The van der Waals surface area contributed by atoms with Gasteiger partial charge in [0.05, 0.1) is 0 Å². The highest BCUT2D eigenvalue weighted by Gasteiger charge is 2.38. The van der Waals surface area contributed by atoms with Gasteiger partial charge in [0.15, 0.2) is 0 Å². The molecule has 3 heteroatoms. The Morgan fingerprint density at radius 3 is 2.72 bits per heavy atom. The maximum atomic E-state index is 12.9. The second-order valence-electron chi connectivity index (χ2n) is 5.75. The van der Waals surface area contributed by atoms with Crippen molar-refractivity contribution in [1.29, 1.82) is 0 Å². The van der Waals surface area contributed by atoms with Crippen molar-refractivity contribution in [1.82, 2.24) is 10.2 Å². The minimum Gasteiger partial charge on any atom is -0.310 e. The maximum absolute atomic E-state index is 12.9. The van der Waals surface area contributed by atoms with E-state index >= 15 is 0 Å². The van der Waals surface area contributed by atoms with E-state index in [1.165, 1.54) is 37.8 Å². The van der Waals surface area contributed by atoms with Crippen molar-refractivity contribution in [2.24, 2.45) is 0 Å². The van der Waals surface area contributed by atoms with E-state index in [1.54, 1.807) is 12.1 Å². The van der Waals surface area contributed by atoms with Crippen LogP contribution in [0.4, 0.5) is 4.39 Å². The van der Waals surface area contributed by atoms with Crippen molar-refractivity contribution >= 4 is 0 Å². The zero-order chi connectivity index (χ0) is 12.4. The molecule has 1 spiro atoms. The van der Waals surface area contributed by atoms with E-state index in [4.69, 9.17) is 0 Å². The van der Waals surface area contributed by atoms with Gasteiger partial charge in [-0.25, -0.2) is 4.39 Å². The van der Waals surface area contributed by atoms with Gasteiger partial charge in [-0.15, -0.1) is 0 Å². The summed E-state index contributed by atoms with van der Waals surface area (Å²) in [5, 5.41) is 3.72. The Bertz CT molecular complexity index is 395. The van der Waals surface area contributed by atoms with Crippen molar-refractivity contribution in [2.75, 3.05) is 19.6 Å². The van der Waals surface area contributed by atoms with Crippen LogP contribution in [-0.4, -0.2) is 30.1 Å². The number of hydrogen-bond donors (Lipinski definition) is 1. The van der Waals surface area contributed by atoms with Crippen LogP contribution in [0.3, 0.4) is 0 Å². The molecule has 0 unspecified atom stereocenters. The predicted octanol–water partition coefficient (Wildman–Crippen LogP) is 2.54. The van der Waals surface area contributed by atoms with Gasteiger partial charge >= 0.3 is 0 Å². The molecule has 3 rings (SSSR count). The standard InChI is InChI=1S/C15H21FN2/c16-14-5-3-13(4-6-14)11-18-10-8-15(12-18)7-1-2-9-17-15/h3-6,17H,1-2,7-12H2/t15-/m1/s1. The molecule has 0 aromatic heterocycles. The number of halogens is 1. The van der Waals surface area contributed by atoms with E-state index in [0.29, 0.717) is 5.54 Å². The second-order valence-corrected chi connectivity index (χ2v) is 5.75. The molecule has 2 nitrogen and oxygen atoms in total. The molecule has 1 aromatic rings. The number of hydrogen-bond acceptors (Lipinski definition) is 2. The van der Waals surface area contributed by atoms with Crippen molar-refractivity contribution in [2.45, 2.75) is 37.8 Å². The zero-order valence-electron chi connectivity index (χ0n) is 10.8. The zero-order valence-corrected chi connectivity index (χ0v) is 10.8. The average molecular weight is 248 g/mol. The molecule has 2 heterocycles. The Balaban J connectivity index is 1.60. The van der Waals surface area contributed by atoms with Gasteiger partial charge in [-0.05, 0) is 43.5 Å². The van der Waals surface area contributed by atoms with Crippen LogP contribution in [0.2, 0.25) is 0 Å². The topological polar surface area (TPSA) is 15.3 Å². The number of piperidine rings is 1. The van der Waals surface area contributed by atoms with Gasteiger partial charge in [0.1, 0.15) is 5.82 Å². The summed E-state index contributed by atoms with van der Waals surface area (Å²) in [6, 6.07) is 6.91. The lowest BCUT2D eigenvalue weighted by Gasteiger charge is -2.35. The molecule has 2 saturated heterocycles. The van der Waals surface area contributed by atoms with Crippen molar-refractivity contribution in [3.8, 4) is 0 Å². The number of nitrogens with zero attached hydrogens (tertiary/aromatic N) is 1. The Morgan fingerprint density at radius 1 is 1.17 bits per heavy atom. The molecule has 2 aliphatic heterocycles. The van der Waals surface area contributed by atoms with Gasteiger partial charge < -0.3 is 5.32 Å². The van der Waals surface area contributed by atoms with Gasteiger partial charge in [0.25, 0.3) is 0 Å². The number of rotatable bonds is 2. The minimum absolute atomic E-state index is 0.148. The predicted molar refractivity (Wildman–Crippen MR) is 70.9 cm³/mol. The Kier molecular flexibility index (Phi) is 3.35. The second kappa shape index (κ2) is 4.98. The first kappa shape index (κ1) is 12.1. The lowest BCUT2D eigenvalue weighted by atomic mass is 9.88. The summed E-state index contributed by atoms with van der Waals surface area (Å²) in [5.74, 6) is -0.148. The molecular weight excluding hydrogens is 227 g/mol. The highest BCUT2D eigenvalue weighted by molar-refractivity contribution is 5.16. The molecule has 1 N–H and O–H groups in total. The molecule has 18 heavy (non-hydrogen) atoms. The molecule has 98 valence electrons. The monoisotopic (exact) mass is 248 g/mol. The van der Waals surface area contributed by atoms with E-state index in [9.17, 15) is 4.39 Å². The van der Waals surface area contributed by atoms with E-state index in [0.717, 1.165) is 19.6 Å². The van der Waals surface area contributed by atoms with Crippen LogP contribution in [0.15, 0.2) is 24.3 Å². The van der Waals surface area contributed by atoms with Crippen LogP contribution in [0.25, 0.3) is 0 Å². The van der Waals surface area contributed by atoms with E-state index in [-0.39, 0.29) is 5.82 Å². The van der Waals surface area contributed by atoms with Gasteiger partial charge in [-0.1, -0.05) is 18.6 Å². The third-order valence-electron chi connectivity index (χ3n) is 4.33. The summed E-state index contributed by atoms with van der Waals surface area (Å²) >= 11 is 0. The normalized spacial score (nSPS) is 28.9. The van der Waals surface area contributed by atoms with Gasteiger partial charge in [0.2, 0.25) is 0 Å². The summed E-state index contributed by atoms with van der Waals surface area (Å²) in [7, 11) is 0. The molecule has 0 saturated carbocycles. The third-order valence-corrected chi connectivity index (χ3v) is 4.33. The molecule has 0 aliphatic carbocycles. The van der Waals surface area contributed by atoms with E-state index in [2.05, 4.69) is 10.2 Å². The molecule has 2 fully saturated rings. The smallest absolute Gasteiger partial charge is 0.123 e. The fourth-order valence-electron chi connectivity index (χ4n) is 3.32. The fraction of sp³-hybridized carbons (Fsp3) is 0.600. The summed E-state index contributed by atoms with van der Waals surface area (Å²) < 4.78 is 12.9. The molecule has 1 aromatic carbocycles. The third kappa shape index (κ3) is 2.57. The Morgan fingerprint density at radius 2 is 2.00 bits per heavy atom. The molecule has 1 atom stereocenters. The summed E-state index contributed by atoms with van der Waals surface area (Å²) in [6.07, 6.45) is 5.25. The molecular formula is C15H21FN2. The summed E-state index contributed by atoms with van der Waals surface area (Å²) in [4.78, 5) is 2.49.